The highest BCUT2D eigenvalue weighted by Crippen LogP contribution is 2.15. The monoisotopic (exact) mass is 259 g/mol. The van der Waals surface area contributed by atoms with Crippen molar-refractivity contribution in [2.45, 2.75) is 40.2 Å². The van der Waals surface area contributed by atoms with Crippen LogP contribution in [-0.4, -0.2) is 19.7 Å². The number of anilines is 1. The van der Waals surface area contributed by atoms with E-state index in [1.54, 1.807) is 0 Å². The van der Waals surface area contributed by atoms with Crippen LogP contribution >= 0.6 is 0 Å². The third-order valence-electron chi connectivity index (χ3n) is 3.18. The van der Waals surface area contributed by atoms with E-state index in [0.717, 1.165) is 23.9 Å². The van der Waals surface area contributed by atoms with Crippen LogP contribution in [0.25, 0.3) is 0 Å². The van der Waals surface area contributed by atoms with E-state index in [0.29, 0.717) is 5.92 Å². The summed E-state index contributed by atoms with van der Waals surface area (Å²) in [5, 5.41) is 7.58. The minimum Gasteiger partial charge on any atom is -0.366 e. The molecular weight excluding hydrogens is 238 g/mol. The van der Waals surface area contributed by atoms with Gasteiger partial charge in [0.2, 0.25) is 0 Å². The van der Waals surface area contributed by atoms with Crippen LogP contribution in [0, 0.1) is 13.8 Å². The Labute approximate surface area is 114 Å². The Morgan fingerprint density at radius 3 is 2.58 bits per heavy atom. The molecule has 0 unspecified atom stereocenters. The molecular formula is C14H21N5. The second-order valence-electron chi connectivity index (χ2n) is 5.14. The zero-order valence-corrected chi connectivity index (χ0v) is 12.2. The molecule has 0 saturated carbocycles. The third kappa shape index (κ3) is 3.10. The maximum Gasteiger partial charge on any atom is 0.133 e. The minimum atomic E-state index is 0.334. The summed E-state index contributed by atoms with van der Waals surface area (Å²) in [6.07, 6.45) is 1.89. The van der Waals surface area contributed by atoms with Crippen molar-refractivity contribution in [1.29, 1.82) is 0 Å². The molecule has 0 saturated heterocycles. The first-order chi connectivity index (χ1) is 8.97. The largest absolute Gasteiger partial charge is 0.366 e. The Morgan fingerprint density at radius 2 is 2.00 bits per heavy atom. The normalized spacial score (nSPS) is 11.1. The lowest BCUT2D eigenvalue weighted by Gasteiger charge is -2.10. The highest BCUT2D eigenvalue weighted by atomic mass is 15.3. The van der Waals surface area contributed by atoms with E-state index in [9.17, 15) is 0 Å². The van der Waals surface area contributed by atoms with Crippen molar-refractivity contribution in [2.24, 2.45) is 7.05 Å². The van der Waals surface area contributed by atoms with Crippen LogP contribution in [0.2, 0.25) is 0 Å². The van der Waals surface area contributed by atoms with E-state index < -0.39 is 0 Å². The first-order valence-electron chi connectivity index (χ1n) is 6.54. The zero-order chi connectivity index (χ0) is 14.0. The van der Waals surface area contributed by atoms with E-state index in [1.807, 2.05) is 30.9 Å². The number of aromatic nitrogens is 4. The first-order valence-corrected chi connectivity index (χ1v) is 6.54. The molecule has 0 spiro atoms. The smallest absolute Gasteiger partial charge is 0.133 e. The molecule has 0 aliphatic carbocycles. The van der Waals surface area contributed by atoms with Gasteiger partial charge in [-0.3, -0.25) is 4.68 Å². The number of nitrogens with zero attached hydrogens (tertiary/aromatic N) is 4. The molecule has 2 aromatic heterocycles. The molecule has 5 nitrogen and oxygen atoms in total. The van der Waals surface area contributed by atoms with Gasteiger partial charge in [0.15, 0.2) is 0 Å². The van der Waals surface area contributed by atoms with Gasteiger partial charge >= 0.3 is 0 Å². The molecule has 2 aromatic rings. The molecule has 0 bridgehead atoms. The molecule has 5 heteroatoms. The van der Waals surface area contributed by atoms with E-state index >= 15 is 0 Å². The molecule has 0 aromatic carbocycles. The molecule has 19 heavy (non-hydrogen) atoms. The molecule has 2 rings (SSSR count). The summed E-state index contributed by atoms with van der Waals surface area (Å²) >= 11 is 0. The van der Waals surface area contributed by atoms with Crippen molar-refractivity contribution < 1.29 is 0 Å². The standard InChI is InChI=1S/C14H21N5/c1-9(2)14-17-10(3)6-13(18-14)15-7-12-8-16-19(5)11(12)4/h6,8-9H,7H2,1-5H3,(H,15,17,18). The highest BCUT2D eigenvalue weighted by molar-refractivity contribution is 5.37. The van der Waals surface area contributed by atoms with Gasteiger partial charge in [-0.2, -0.15) is 5.10 Å². The van der Waals surface area contributed by atoms with Crippen molar-refractivity contribution in [3.05, 3.63) is 35.0 Å². The maximum atomic E-state index is 4.54. The van der Waals surface area contributed by atoms with Crippen molar-refractivity contribution in [3.63, 3.8) is 0 Å². The van der Waals surface area contributed by atoms with Crippen LogP contribution in [0.3, 0.4) is 0 Å². The second-order valence-corrected chi connectivity index (χ2v) is 5.14. The number of rotatable bonds is 4. The zero-order valence-electron chi connectivity index (χ0n) is 12.2. The van der Waals surface area contributed by atoms with Gasteiger partial charge in [0.25, 0.3) is 0 Å². The predicted molar refractivity (Wildman–Crippen MR) is 76.1 cm³/mol. The second kappa shape index (κ2) is 5.38. The fraction of sp³-hybridized carbons (Fsp3) is 0.500. The Kier molecular flexibility index (Phi) is 3.83. The lowest BCUT2D eigenvalue weighted by atomic mass is 10.2. The fourth-order valence-electron chi connectivity index (χ4n) is 1.84. The quantitative estimate of drug-likeness (QED) is 0.916. The Morgan fingerprint density at radius 1 is 1.26 bits per heavy atom. The van der Waals surface area contributed by atoms with Gasteiger partial charge in [0.05, 0.1) is 6.20 Å². The SMILES string of the molecule is Cc1cc(NCc2cnn(C)c2C)nc(C(C)C)n1. The van der Waals surface area contributed by atoms with Gasteiger partial charge < -0.3 is 5.32 Å². The average Bonchev–Trinajstić information content (AvgIpc) is 2.67. The molecule has 0 aliphatic heterocycles. The van der Waals surface area contributed by atoms with Crippen LogP contribution in [0.15, 0.2) is 12.3 Å². The van der Waals surface area contributed by atoms with Crippen molar-refractivity contribution >= 4 is 5.82 Å². The van der Waals surface area contributed by atoms with Gasteiger partial charge in [-0.05, 0) is 13.8 Å². The number of aryl methyl sites for hydroxylation is 2. The molecule has 0 aliphatic rings. The van der Waals surface area contributed by atoms with E-state index in [1.165, 1.54) is 11.3 Å². The third-order valence-corrected chi connectivity index (χ3v) is 3.18. The van der Waals surface area contributed by atoms with Crippen LogP contribution in [0.1, 0.15) is 42.5 Å². The Bertz CT molecular complexity index is 571. The van der Waals surface area contributed by atoms with Gasteiger partial charge in [-0.1, -0.05) is 13.8 Å². The highest BCUT2D eigenvalue weighted by Gasteiger charge is 2.07. The predicted octanol–water partition coefficient (Wildman–Crippen LogP) is 2.56. The minimum absolute atomic E-state index is 0.334. The lowest BCUT2D eigenvalue weighted by molar-refractivity contribution is 0.738. The van der Waals surface area contributed by atoms with Crippen LogP contribution < -0.4 is 5.32 Å². The van der Waals surface area contributed by atoms with Crippen LogP contribution in [-0.2, 0) is 13.6 Å². The van der Waals surface area contributed by atoms with Gasteiger partial charge in [-0.15, -0.1) is 0 Å². The molecule has 1 N–H and O–H groups in total. The fourth-order valence-corrected chi connectivity index (χ4v) is 1.84. The van der Waals surface area contributed by atoms with E-state index in [2.05, 4.69) is 41.2 Å². The summed E-state index contributed by atoms with van der Waals surface area (Å²) in [6.45, 7) is 8.99. The number of hydrogen-bond acceptors (Lipinski definition) is 4. The van der Waals surface area contributed by atoms with Gasteiger partial charge in [0.1, 0.15) is 11.6 Å². The summed E-state index contributed by atoms with van der Waals surface area (Å²) in [5.74, 6) is 2.09. The van der Waals surface area contributed by atoms with Gasteiger partial charge in [0, 0.05) is 42.5 Å². The van der Waals surface area contributed by atoms with Crippen molar-refractivity contribution in [2.75, 3.05) is 5.32 Å². The molecule has 0 fully saturated rings. The molecule has 102 valence electrons. The van der Waals surface area contributed by atoms with E-state index in [-0.39, 0.29) is 0 Å². The summed E-state index contributed by atoms with van der Waals surface area (Å²) in [7, 11) is 1.95. The number of hydrogen-bond donors (Lipinski definition) is 1. The molecule has 2 heterocycles. The van der Waals surface area contributed by atoms with Crippen LogP contribution in [0.4, 0.5) is 5.82 Å². The molecule has 0 amide bonds. The average molecular weight is 259 g/mol. The summed E-state index contributed by atoms with van der Waals surface area (Å²) < 4.78 is 1.88. The summed E-state index contributed by atoms with van der Waals surface area (Å²) in [6, 6.07) is 1.97. The topological polar surface area (TPSA) is 55.6 Å². The van der Waals surface area contributed by atoms with E-state index in [4.69, 9.17) is 0 Å². The Balaban J connectivity index is 2.13. The van der Waals surface area contributed by atoms with Crippen LogP contribution in [0.5, 0.6) is 0 Å². The maximum absolute atomic E-state index is 4.54. The number of nitrogens with one attached hydrogen (secondary N) is 1. The van der Waals surface area contributed by atoms with Gasteiger partial charge in [-0.25, -0.2) is 9.97 Å². The lowest BCUT2D eigenvalue weighted by Crippen LogP contribution is -2.07. The Hall–Kier alpha value is -1.91. The summed E-state index contributed by atoms with van der Waals surface area (Å²) in [4.78, 5) is 8.98. The van der Waals surface area contributed by atoms with Crippen molar-refractivity contribution in [1.82, 2.24) is 19.7 Å². The summed E-state index contributed by atoms with van der Waals surface area (Å²) in [5.41, 5.74) is 3.34. The first kappa shape index (κ1) is 13.5. The molecule has 0 atom stereocenters. The van der Waals surface area contributed by atoms with Crippen molar-refractivity contribution in [3.8, 4) is 0 Å². The molecule has 0 radical (unpaired) electrons.